The van der Waals surface area contributed by atoms with Crippen molar-refractivity contribution in [3.8, 4) is 11.5 Å². The van der Waals surface area contributed by atoms with Crippen molar-refractivity contribution in [1.29, 1.82) is 0 Å². The number of halogens is 1. The summed E-state index contributed by atoms with van der Waals surface area (Å²) in [6.07, 6.45) is 2.41. The lowest BCUT2D eigenvalue weighted by atomic mass is 10.2. The van der Waals surface area contributed by atoms with Crippen LogP contribution in [0.2, 0.25) is 0 Å². The Labute approximate surface area is 183 Å². The molecule has 1 aliphatic rings. The third-order valence-electron chi connectivity index (χ3n) is 4.59. The predicted molar refractivity (Wildman–Crippen MR) is 124 cm³/mol. The van der Waals surface area contributed by atoms with Gasteiger partial charge in [-0.2, -0.15) is 0 Å². The fourth-order valence-electron chi connectivity index (χ4n) is 3.16. The summed E-state index contributed by atoms with van der Waals surface area (Å²) in [4.78, 5) is 11.6. The second-order valence-corrected chi connectivity index (χ2v) is 6.52. The second kappa shape index (κ2) is 10.4. The number of aromatic nitrogens is 1. The van der Waals surface area contributed by atoms with Crippen molar-refractivity contribution in [1.82, 2.24) is 4.98 Å². The molecule has 28 heavy (non-hydrogen) atoms. The molecule has 0 saturated carbocycles. The summed E-state index contributed by atoms with van der Waals surface area (Å²) < 4.78 is 10.6. The number of ether oxygens (including phenoxy) is 2. The summed E-state index contributed by atoms with van der Waals surface area (Å²) in [6.45, 7) is 4.56. The highest BCUT2D eigenvalue weighted by Crippen LogP contribution is 2.29. The van der Waals surface area contributed by atoms with Crippen molar-refractivity contribution < 1.29 is 9.47 Å². The molecule has 7 nitrogen and oxygen atoms in total. The SMILES string of the molecule is COc1ccc(OC)c(NC(N)=NCc2ccc(C)nc2N2CCCC2)c1.I. The van der Waals surface area contributed by atoms with Crippen LogP contribution >= 0.6 is 24.0 Å². The van der Waals surface area contributed by atoms with Gasteiger partial charge in [0.2, 0.25) is 0 Å². The molecule has 3 N–H and O–H groups in total. The van der Waals surface area contributed by atoms with Crippen LogP contribution in [0.5, 0.6) is 11.5 Å². The maximum Gasteiger partial charge on any atom is 0.193 e. The highest BCUT2D eigenvalue weighted by Gasteiger charge is 2.17. The third kappa shape index (κ3) is 5.40. The van der Waals surface area contributed by atoms with Crippen LogP contribution in [-0.4, -0.2) is 38.3 Å². The minimum absolute atomic E-state index is 0. The molecule has 0 spiro atoms. The maximum absolute atomic E-state index is 6.11. The highest BCUT2D eigenvalue weighted by molar-refractivity contribution is 14.0. The number of nitrogens with zero attached hydrogens (tertiary/aromatic N) is 3. The minimum atomic E-state index is 0. The molecule has 0 amide bonds. The molecule has 0 radical (unpaired) electrons. The first-order valence-electron chi connectivity index (χ1n) is 9.11. The first-order chi connectivity index (χ1) is 13.1. The van der Waals surface area contributed by atoms with Gasteiger partial charge in [0.1, 0.15) is 17.3 Å². The number of rotatable bonds is 6. The molecule has 1 fully saturated rings. The number of pyridine rings is 1. The van der Waals surface area contributed by atoms with E-state index in [1.807, 2.05) is 31.2 Å². The Morgan fingerprint density at radius 2 is 1.93 bits per heavy atom. The van der Waals surface area contributed by atoms with Crippen molar-refractivity contribution in [2.45, 2.75) is 26.3 Å². The number of nitrogens with one attached hydrogen (secondary N) is 1. The summed E-state index contributed by atoms with van der Waals surface area (Å²) in [6, 6.07) is 9.57. The van der Waals surface area contributed by atoms with Crippen LogP contribution in [0.15, 0.2) is 35.3 Å². The van der Waals surface area contributed by atoms with E-state index in [1.165, 1.54) is 12.8 Å². The van der Waals surface area contributed by atoms with E-state index < -0.39 is 0 Å². The van der Waals surface area contributed by atoms with Crippen LogP contribution in [0.25, 0.3) is 0 Å². The number of hydrogen-bond donors (Lipinski definition) is 2. The third-order valence-corrected chi connectivity index (χ3v) is 4.59. The van der Waals surface area contributed by atoms with Gasteiger partial charge in [-0.15, -0.1) is 24.0 Å². The van der Waals surface area contributed by atoms with Gasteiger partial charge in [-0.25, -0.2) is 9.98 Å². The van der Waals surface area contributed by atoms with Crippen LogP contribution in [0.1, 0.15) is 24.1 Å². The van der Waals surface area contributed by atoms with Gasteiger partial charge in [-0.3, -0.25) is 0 Å². The van der Waals surface area contributed by atoms with E-state index in [1.54, 1.807) is 14.2 Å². The highest BCUT2D eigenvalue weighted by atomic mass is 127. The molecule has 0 atom stereocenters. The van der Waals surface area contributed by atoms with Gasteiger partial charge in [0, 0.05) is 30.4 Å². The molecule has 0 aliphatic carbocycles. The zero-order chi connectivity index (χ0) is 19.2. The zero-order valence-electron chi connectivity index (χ0n) is 16.6. The molecule has 1 aromatic heterocycles. The van der Waals surface area contributed by atoms with Gasteiger partial charge >= 0.3 is 0 Å². The standard InChI is InChI=1S/C20H27N5O2.HI/c1-14-6-7-15(19(23-14)25-10-4-5-11-25)13-22-20(21)24-17-12-16(26-2)8-9-18(17)27-3;/h6-9,12H,4-5,10-11,13H2,1-3H3,(H3,21,22,24);1H. The first-order valence-corrected chi connectivity index (χ1v) is 9.11. The lowest BCUT2D eigenvalue weighted by molar-refractivity contribution is 0.405. The van der Waals surface area contributed by atoms with E-state index in [4.69, 9.17) is 20.2 Å². The summed E-state index contributed by atoms with van der Waals surface area (Å²) in [5, 5.41) is 3.10. The summed E-state index contributed by atoms with van der Waals surface area (Å²) in [5.74, 6) is 2.71. The molecule has 3 rings (SSSR count). The molecular weight excluding hydrogens is 469 g/mol. The quantitative estimate of drug-likeness (QED) is 0.361. The van der Waals surface area contributed by atoms with Crippen LogP contribution in [0, 0.1) is 6.92 Å². The molecule has 2 aromatic rings. The molecule has 0 bridgehead atoms. The average Bonchev–Trinajstić information content (AvgIpc) is 3.21. The monoisotopic (exact) mass is 497 g/mol. The molecule has 2 heterocycles. The fourth-order valence-corrected chi connectivity index (χ4v) is 3.16. The Morgan fingerprint density at radius 3 is 2.61 bits per heavy atom. The van der Waals surface area contributed by atoms with Gasteiger partial charge in [0.15, 0.2) is 5.96 Å². The number of aliphatic imine (C=N–C) groups is 1. The van der Waals surface area contributed by atoms with Gasteiger partial charge < -0.3 is 25.4 Å². The molecule has 1 aromatic carbocycles. The molecule has 152 valence electrons. The first kappa shape index (κ1) is 22.1. The number of nitrogens with two attached hydrogens (primary N) is 1. The Kier molecular flexibility index (Phi) is 8.16. The van der Waals surface area contributed by atoms with Crippen LogP contribution in [0.3, 0.4) is 0 Å². The predicted octanol–water partition coefficient (Wildman–Crippen LogP) is 3.55. The summed E-state index contributed by atoms with van der Waals surface area (Å²) >= 11 is 0. The number of guanidine groups is 1. The van der Waals surface area contributed by atoms with Crippen molar-refractivity contribution in [3.63, 3.8) is 0 Å². The van der Waals surface area contributed by atoms with E-state index in [0.29, 0.717) is 29.7 Å². The Morgan fingerprint density at radius 1 is 1.18 bits per heavy atom. The van der Waals surface area contributed by atoms with E-state index in [2.05, 4.69) is 21.3 Å². The van der Waals surface area contributed by atoms with Crippen LogP contribution in [0.4, 0.5) is 11.5 Å². The number of hydrogen-bond acceptors (Lipinski definition) is 5. The second-order valence-electron chi connectivity index (χ2n) is 6.52. The number of methoxy groups -OCH3 is 2. The lowest BCUT2D eigenvalue weighted by Gasteiger charge is -2.20. The fraction of sp³-hybridized carbons (Fsp3) is 0.400. The number of anilines is 2. The van der Waals surface area contributed by atoms with Gasteiger partial charge in [-0.05, 0) is 38.0 Å². The molecule has 1 saturated heterocycles. The van der Waals surface area contributed by atoms with Crippen molar-refractivity contribution in [2.24, 2.45) is 10.7 Å². The van der Waals surface area contributed by atoms with Crippen molar-refractivity contribution in [2.75, 3.05) is 37.5 Å². The lowest BCUT2D eigenvalue weighted by Crippen LogP contribution is -2.24. The van der Waals surface area contributed by atoms with Crippen molar-refractivity contribution >= 4 is 41.4 Å². The zero-order valence-corrected chi connectivity index (χ0v) is 18.9. The normalized spacial score (nSPS) is 13.8. The Hall–Kier alpha value is -2.23. The van der Waals surface area contributed by atoms with E-state index in [9.17, 15) is 0 Å². The number of benzene rings is 1. The van der Waals surface area contributed by atoms with Gasteiger partial charge in [0.25, 0.3) is 0 Å². The number of aryl methyl sites for hydroxylation is 1. The van der Waals surface area contributed by atoms with Gasteiger partial charge in [0.05, 0.1) is 26.5 Å². The summed E-state index contributed by atoms with van der Waals surface area (Å²) in [5.41, 5.74) is 8.90. The van der Waals surface area contributed by atoms with Crippen LogP contribution < -0.4 is 25.4 Å². The van der Waals surface area contributed by atoms with Crippen LogP contribution in [-0.2, 0) is 6.54 Å². The largest absolute Gasteiger partial charge is 0.497 e. The Bertz CT molecular complexity index is 822. The smallest absolute Gasteiger partial charge is 0.193 e. The van der Waals surface area contributed by atoms with E-state index in [-0.39, 0.29) is 24.0 Å². The topological polar surface area (TPSA) is 85.0 Å². The average molecular weight is 497 g/mol. The van der Waals surface area contributed by atoms with Gasteiger partial charge in [-0.1, -0.05) is 6.07 Å². The molecule has 0 unspecified atom stereocenters. The van der Waals surface area contributed by atoms with Crippen molar-refractivity contribution in [3.05, 3.63) is 41.6 Å². The van der Waals surface area contributed by atoms with E-state index in [0.717, 1.165) is 30.2 Å². The van der Waals surface area contributed by atoms with E-state index >= 15 is 0 Å². The Balaban J connectivity index is 0.00000280. The molecule has 1 aliphatic heterocycles. The minimum Gasteiger partial charge on any atom is -0.497 e. The molecule has 8 heteroatoms. The molecular formula is C20H28IN5O2. The maximum atomic E-state index is 6.11. The summed E-state index contributed by atoms with van der Waals surface area (Å²) in [7, 11) is 3.23.